The van der Waals surface area contributed by atoms with Crippen molar-refractivity contribution in [3.63, 3.8) is 0 Å². The molecular formula is C18H16NO4P. The molecule has 1 atom stereocenters. The van der Waals surface area contributed by atoms with Gasteiger partial charge in [0.15, 0.2) is 0 Å². The molecule has 0 amide bonds. The Morgan fingerprint density at radius 3 is 1.71 bits per heavy atom. The first-order valence-corrected chi connectivity index (χ1v) is 8.95. The van der Waals surface area contributed by atoms with E-state index in [9.17, 15) is 9.67 Å². The molecule has 0 saturated carbocycles. The van der Waals surface area contributed by atoms with Gasteiger partial charge in [0.2, 0.25) is 5.85 Å². The van der Waals surface area contributed by atoms with Crippen LogP contribution in [0.15, 0.2) is 85.2 Å². The first-order chi connectivity index (χ1) is 11.7. The minimum absolute atomic E-state index is 0.352. The third-order valence-electron chi connectivity index (χ3n) is 3.26. The Bertz CT molecular complexity index is 767. The summed E-state index contributed by atoms with van der Waals surface area (Å²) in [4.78, 5) is 3.90. The van der Waals surface area contributed by atoms with Crippen molar-refractivity contribution >= 4 is 7.60 Å². The van der Waals surface area contributed by atoms with Gasteiger partial charge in [-0.25, -0.2) is 4.57 Å². The average Bonchev–Trinajstić information content (AvgIpc) is 2.63. The fourth-order valence-electron chi connectivity index (χ4n) is 2.09. The normalized spacial score (nSPS) is 12.4. The second-order valence-corrected chi connectivity index (χ2v) is 6.94. The summed E-state index contributed by atoms with van der Waals surface area (Å²) in [6.45, 7) is 0. The maximum Gasteiger partial charge on any atom is 0.463 e. The predicted molar refractivity (Wildman–Crippen MR) is 90.9 cm³/mol. The first-order valence-electron chi connectivity index (χ1n) is 7.34. The molecule has 24 heavy (non-hydrogen) atoms. The molecule has 0 aliphatic rings. The summed E-state index contributed by atoms with van der Waals surface area (Å²) in [5, 5.41) is 10.6. The van der Waals surface area contributed by atoms with Crippen molar-refractivity contribution in [2.24, 2.45) is 0 Å². The van der Waals surface area contributed by atoms with E-state index in [1.807, 2.05) is 12.1 Å². The largest absolute Gasteiger partial charge is 0.463 e. The summed E-state index contributed by atoms with van der Waals surface area (Å²) < 4.78 is 24.5. The molecule has 2 aromatic carbocycles. The zero-order valence-corrected chi connectivity index (χ0v) is 13.6. The van der Waals surface area contributed by atoms with E-state index in [0.717, 1.165) is 0 Å². The summed E-state index contributed by atoms with van der Waals surface area (Å²) in [7, 11) is -3.95. The monoisotopic (exact) mass is 341 g/mol. The highest BCUT2D eigenvalue weighted by Gasteiger charge is 2.39. The summed E-state index contributed by atoms with van der Waals surface area (Å²) in [5.41, 5.74) is 0.403. The number of nitrogens with zero attached hydrogens (tertiary/aromatic N) is 1. The molecule has 0 aliphatic carbocycles. The van der Waals surface area contributed by atoms with Crippen molar-refractivity contribution in [3.05, 3.63) is 90.8 Å². The lowest BCUT2D eigenvalue weighted by Crippen LogP contribution is -2.10. The number of hydrogen-bond donors (Lipinski definition) is 1. The van der Waals surface area contributed by atoms with Crippen molar-refractivity contribution < 1.29 is 18.7 Å². The lowest BCUT2D eigenvalue weighted by Gasteiger charge is -2.24. The van der Waals surface area contributed by atoms with Crippen molar-refractivity contribution in [1.29, 1.82) is 0 Å². The predicted octanol–water partition coefficient (Wildman–Crippen LogP) is 4.42. The standard InChI is InChI=1S/C18H16NO4P/c20-18(15-11-13-19-14-12-15)24(21,22-16-7-3-1-4-8-16)23-17-9-5-2-6-10-17/h1-14,18,20H. The average molecular weight is 341 g/mol. The fraction of sp³-hybridized carbons (Fsp3) is 0.0556. The topological polar surface area (TPSA) is 68.7 Å². The van der Waals surface area contributed by atoms with E-state index < -0.39 is 13.4 Å². The lowest BCUT2D eigenvalue weighted by atomic mass is 10.3. The van der Waals surface area contributed by atoms with Crippen LogP contribution in [0.1, 0.15) is 11.4 Å². The molecular weight excluding hydrogens is 325 g/mol. The number of para-hydroxylation sites is 2. The van der Waals surface area contributed by atoms with Gasteiger partial charge in [0.1, 0.15) is 11.5 Å². The molecule has 0 aliphatic heterocycles. The van der Waals surface area contributed by atoms with Crippen molar-refractivity contribution in [2.45, 2.75) is 5.85 Å². The molecule has 1 unspecified atom stereocenters. The highest BCUT2D eigenvalue weighted by molar-refractivity contribution is 7.54. The van der Waals surface area contributed by atoms with E-state index in [0.29, 0.717) is 17.1 Å². The Balaban J connectivity index is 1.95. The van der Waals surface area contributed by atoms with Gasteiger partial charge in [-0.15, -0.1) is 0 Å². The SMILES string of the molecule is O=P(Oc1ccccc1)(Oc1ccccc1)C(O)c1ccncc1. The van der Waals surface area contributed by atoms with Crippen molar-refractivity contribution in [2.75, 3.05) is 0 Å². The minimum atomic E-state index is -3.95. The third-order valence-corrected chi connectivity index (χ3v) is 5.08. The van der Waals surface area contributed by atoms with Crippen LogP contribution in [0.2, 0.25) is 0 Å². The van der Waals surface area contributed by atoms with Gasteiger partial charge < -0.3 is 14.2 Å². The van der Waals surface area contributed by atoms with Gasteiger partial charge in [-0.05, 0) is 42.0 Å². The second-order valence-electron chi connectivity index (χ2n) is 5.00. The van der Waals surface area contributed by atoms with E-state index in [2.05, 4.69) is 4.98 Å². The van der Waals surface area contributed by atoms with Gasteiger partial charge >= 0.3 is 7.60 Å². The highest BCUT2D eigenvalue weighted by atomic mass is 31.2. The summed E-state index contributed by atoms with van der Waals surface area (Å²) in [6, 6.07) is 20.4. The molecule has 122 valence electrons. The van der Waals surface area contributed by atoms with E-state index in [1.165, 1.54) is 12.4 Å². The molecule has 5 nitrogen and oxygen atoms in total. The lowest BCUT2D eigenvalue weighted by molar-refractivity contribution is 0.212. The zero-order chi connectivity index (χ0) is 16.8. The van der Waals surface area contributed by atoms with Crippen LogP contribution in [0.4, 0.5) is 0 Å². The van der Waals surface area contributed by atoms with Gasteiger partial charge in [0, 0.05) is 12.4 Å². The van der Waals surface area contributed by atoms with Gasteiger partial charge in [0.25, 0.3) is 0 Å². The van der Waals surface area contributed by atoms with Gasteiger partial charge in [-0.1, -0.05) is 36.4 Å². The molecule has 0 radical (unpaired) electrons. The third kappa shape index (κ3) is 3.82. The Hall–Kier alpha value is -2.62. The smallest absolute Gasteiger partial charge is 0.414 e. The number of aliphatic hydroxyl groups is 1. The second kappa shape index (κ2) is 7.30. The zero-order valence-electron chi connectivity index (χ0n) is 12.7. The van der Waals surface area contributed by atoms with Gasteiger partial charge in [-0.3, -0.25) is 4.98 Å². The van der Waals surface area contributed by atoms with Crippen LogP contribution in [0, 0.1) is 0 Å². The van der Waals surface area contributed by atoms with E-state index in [4.69, 9.17) is 9.05 Å². The van der Waals surface area contributed by atoms with Crippen LogP contribution >= 0.6 is 7.60 Å². The van der Waals surface area contributed by atoms with Crippen LogP contribution in [-0.2, 0) is 4.57 Å². The Morgan fingerprint density at radius 2 is 1.25 bits per heavy atom. The number of hydrogen-bond acceptors (Lipinski definition) is 5. The number of pyridine rings is 1. The van der Waals surface area contributed by atoms with Crippen LogP contribution in [0.5, 0.6) is 11.5 Å². The molecule has 3 rings (SSSR count). The van der Waals surface area contributed by atoms with E-state index in [1.54, 1.807) is 60.7 Å². The van der Waals surface area contributed by atoms with Crippen LogP contribution in [0.25, 0.3) is 0 Å². The summed E-state index contributed by atoms with van der Waals surface area (Å²) in [5.74, 6) is -0.740. The van der Waals surface area contributed by atoms with Crippen LogP contribution in [-0.4, -0.2) is 10.1 Å². The quantitative estimate of drug-likeness (QED) is 0.672. The van der Waals surface area contributed by atoms with Crippen LogP contribution < -0.4 is 9.05 Å². The van der Waals surface area contributed by atoms with Gasteiger partial charge in [0.05, 0.1) is 0 Å². The molecule has 0 saturated heterocycles. The summed E-state index contributed by atoms with van der Waals surface area (Å²) >= 11 is 0. The Labute approximate surface area is 140 Å². The molecule has 1 aromatic heterocycles. The highest BCUT2D eigenvalue weighted by Crippen LogP contribution is 2.58. The number of aliphatic hydroxyl groups excluding tert-OH is 1. The van der Waals surface area contributed by atoms with Crippen molar-refractivity contribution in [1.82, 2.24) is 4.98 Å². The maximum atomic E-state index is 13.3. The minimum Gasteiger partial charge on any atom is -0.414 e. The fourth-order valence-corrected chi connectivity index (χ4v) is 3.70. The first kappa shape index (κ1) is 16.2. The molecule has 0 spiro atoms. The molecule has 0 bridgehead atoms. The Morgan fingerprint density at radius 1 is 0.792 bits per heavy atom. The van der Waals surface area contributed by atoms with E-state index in [-0.39, 0.29) is 0 Å². The van der Waals surface area contributed by atoms with E-state index >= 15 is 0 Å². The number of aromatic nitrogens is 1. The maximum absolute atomic E-state index is 13.3. The Kier molecular flexibility index (Phi) is 4.94. The molecule has 1 heterocycles. The van der Waals surface area contributed by atoms with Gasteiger partial charge in [-0.2, -0.15) is 0 Å². The van der Waals surface area contributed by atoms with Crippen molar-refractivity contribution in [3.8, 4) is 11.5 Å². The number of rotatable bonds is 6. The number of benzene rings is 2. The molecule has 3 aromatic rings. The van der Waals surface area contributed by atoms with Crippen LogP contribution in [0.3, 0.4) is 0 Å². The molecule has 1 N–H and O–H groups in total. The molecule has 0 fully saturated rings. The molecule has 6 heteroatoms. The summed E-state index contributed by atoms with van der Waals surface area (Å²) in [6.07, 6.45) is 3.02.